The molecule has 0 spiro atoms. The molecular formula is C22H24N4O2. The largest absolute Gasteiger partial charge is 0.368 e. The second-order valence-corrected chi connectivity index (χ2v) is 7.34. The number of piperazine rings is 1. The molecule has 1 aliphatic rings. The molecule has 0 bridgehead atoms. The van der Waals surface area contributed by atoms with Crippen molar-refractivity contribution in [1.29, 1.82) is 0 Å². The van der Waals surface area contributed by atoms with Crippen molar-refractivity contribution < 1.29 is 9.32 Å². The van der Waals surface area contributed by atoms with Gasteiger partial charge in [-0.2, -0.15) is 4.98 Å². The summed E-state index contributed by atoms with van der Waals surface area (Å²) in [4.78, 5) is 21.3. The number of hydrogen-bond acceptors (Lipinski definition) is 5. The molecule has 6 heteroatoms. The van der Waals surface area contributed by atoms with Gasteiger partial charge in [-0.25, -0.2) is 0 Å². The van der Waals surface area contributed by atoms with Crippen LogP contribution in [0.4, 0.5) is 5.69 Å². The molecule has 0 radical (unpaired) electrons. The number of amides is 1. The van der Waals surface area contributed by atoms with Gasteiger partial charge in [0.2, 0.25) is 11.7 Å². The predicted molar refractivity (Wildman–Crippen MR) is 109 cm³/mol. The fourth-order valence-corrected chi connectivity index (χ4v) is 3.69. The van der Waals surface area contributed by atoms with Gasteiger partial charge in [-0.15, -0.1) is 0 Å². The van der Waals surface area contributed by atoms with Gasteiger partial charge in [-0.05, 0) is 50.2 Å². The molecule has 1 saturated heterocycles. The zero-order valence-corrected chi connectivity index (χ0v) is 16.5. The number of anilines is 1. The fourth-order valence-electron chi connectivity index (χ4n) is 3.69. The standard InChI is InChI=1S/C22H24N4O2/c1-15-12-16(2)14-19(13-15)22(27)26-10-8-25(9-11-26)20-6-4-18(5-7-20)21-23-17(3)28-24-21/h4-7,12-14H,8-11H2,1-3H3. The van der Waals surface area contributed by atoms with Crippen molar-refractivity contribution in [2.75, 3.05) is 31.1 Å². The van der Waals surface area contributed by atoms with Gasteiger partial charge in [-0.3, -0.25) is 4.79 Å². The first kappa shape index (κ1) is 18.2. The summed E-state index contributed by atoms with van der Waals surface area (Å²) in [5.74, 6) is 1.28. The average molecular weight is 376 g/mol. The molecule has 0 atom stereocenters. The third-order valence-electron chi connectivity index (χ3n) is 5.05. The van der Waals surface area contributed by atoms with Crippen molar-refractivity contribution in [3.63, 3.8) is 0 Å². The van der Waals surface area contributed by atoms with Gasteiger partial charge in [0.25, 0.3) is 5.91 Å². The van der Waals surface area contributed by atoms with Crippen molar-refractivity contribution >= 4 is 11.6 Å². The molecule has 0 N–H and O–H groups in total. The number of benzene rings is 2. The lowest BCUT2D eigenvalue weighted by Crippen LogP contribution is -2.48. The molecule has 1 fully saturated rings. The van der Waals surface area contributed by atoms with Crippen molar-refractivity contribution in [3.05, 3.63) is 65.0 Å². The normalized spacial score (nSPS) is 14.4. The molecule has 0 aliphatic carbocycles. The van der Waals surface area contributed by atoms with E-state index in [0.717, 1.165) is 54.1 Å². The molecule has 4 rings (SSSR count). The van der Waals surface area contributed by atoms with Crippen LogP contribution in [0.25, 0.3) is 11.4 Å². The van der Waals surface area contributed by atoms with E-state index < -0.39 is 0 Å². The zero-order chi connectivity index (χ0) is 19.7. The summed E-state index contributed by atoms with van der Waals surface area (Å²) in [5, 5.41) is 3.95. The molecule has 2 heterocycles. The second kappa shape index (κ2) is 7.46. The summed E-state index contributed by atoms with van der Waals surface area (Å²) >= 11 is 0. The van der Waals surface area contributed by atoms with Crippen LogP contribution < -0.4 is 4.90 Å². The van der Waals surface area contributed by atoms with E-state index in [1.54, 1.807) is 6.92 Å². The zero-order valence-electron chi connectivity index (χ0n) is 16.5. The molecule has 2 aromatic carbocycles. The lowest BCUT2D eigenvalue weighted by molar-refractivity contribution is 0.0746. The first-order valence-electron chi connectivity index (χ1n) is 9.53. The van der Waals surface area contributed by atoms with Crippen LogP contribution in [0.1, 0.15) is 27.4 Å². The van der Waals surface area contributed by atoms with E-state index in [1.807, 2.05) is 43.0 Å². The highest BCUT2D eigenvalue weighted by atomic mass is 16.5. The quantitative estimate of drug-likeness (QED) is 0.699. The third kappa shape index (κ3) is 3.76. The summed E-state index contributed by atoms with van der Waals surface area (Å²) < 4.78 is 5.04. The van der Waals surface area contributed by atoms with Crippen molar-refractivity contribution in [3.8, 4) is 11.4 Å². The summed E-state index contributed by atoms with van der Waals surface area (Å²) in [5.41, 5.74) is 5.11. The van der Waals surface area contributed by atoms with Crippen LogP contribution in [0.15, 0.2) is 47.0 Å². The third-order valence-corrected chi connectivity index (χ3v) is 5.05. The first-order chi connectivity index (χ1) is 13.5. The number of carbonyl (C=O) groups is 1. The molecule has 1 aromatic heterocycles. The first-order valence-corrected chi connectivity index (χ1v) is 9.53. The Morgan fingerprint density at radius 2 is 1.57 bits per heavy atom. The molecule has 28 heavy (non-hydrogen) atoms. The minimum Gasteiger partial charge on any atom is -0.368 e. The van der Waals surface area contributed by atoms with Gasteiger partial charge < -0.3 is 14.3 Å². The van der Waals surface area contributed by atoms with Crippen LogP contribution in [0.5, 0.6) is 0 Å². The summed E-state index contributed by atoms with van der Waals surface area (Å²) in [6, 6.07) is 14.2. The minimum absolute atomic E-state index is 0.120. The Labute approximate surface area is 164 Å². The molecule has 0 saturated carbocycles. The van der Waals surface area contributed by atoms with E-state index in [4.69, 9.17) is 4.52 Å². The van der Waals surface area contributed by atoms with Crippen LogP contribution in [-0.4, -0.2) is 47.1 Å². The molecule has 3 aromatic rings. The molecule has 1 aliphatic heterocycles. The molecular weight excluding hydrogens is 352 g/mol. The average Bonchev–Trinajstić information content (AvgIpc) is 3.13. The topological polar surface area (TPSA) is 62.5 Å². The van der Waals surface area contributed by atoms with Gasteiger partial charge in [0.1, 0.15) is 0 Å². The van der Waals surface area contributed by atoms with Gasteiger partial charge in [-0.1, -0.05) is 22.3 Å². The van der Waals surface area contributed by atoms with Crippen molar-refractivity contribution in [2.24, 2.45) is 0 Å². The number of rotatable bonds is 3. The number of carbonyl (C=O) groups excluding carboxylic acids is 1. The Bertz CT molecular complexity index is 966. The fraction of sp³-hybridized carbons (Fsp3) is 0.318. The minimum atomic E-state index is 0.120. The Balaban J connectivity index is 1.40. The van der Waals surface area contributed by atoms with E-state index >= 15 is 0 Å². The highest BCUT2D eigenvalue weighted by Crippen LogP contribution is 2.23. The van der Waals surface area contributed by atoms with E-state index in [0.29, 0.717) is 11.7 Å². The van der Waals surface area contributed by atoms with Crippen LogP contribution >= 0.6 is 0 Å². The number of nitrogens with zero attached hydrogens (tertiary/aromatic N) is 4. The second-order valence-electron chi connectivity index (χ2n) is 7.34. The Morgan fingerprint density at radius 1 is 0.929 bits per heavy atom. The van der Waals surface area contributed by atoms with E-state index in [1.165, 1.54) is 0 Å². The SMILES string of the molecule is Cc1cc(C)cc(C(=O)N2CCN(c3ccc(-c4noc(C)n4)cc3)CC2)c1. The highest BCUT2D eigenvalue weighted by molar-refractivity contribution is 5.94. The van der Waals surface area contributed by atoms with E-state index in [2.05, 4.69) is 33.2 Å². The Hall–Kier alpha value is -3.15. The van der Waals surface area contributed by atoms with Crippen LogP contribution in [0.2, 0.25) is 0 Å². The van der Waals surface area contributed by atoms with Gasteiger partial charge >= 0.3 is 0 Å². The van der Waals surface area contributed by atoms with Crippen LogP contribution in [0.3, 0.4) is 0 Å². The maximum Gasteiger partial charge on any atom is 0.253 e. The molecule has 6 nitrogen and oxygen atoms in total. The molecule has 1 amide bonds. The Kier molecular flexibility index (Phi) is 4.86. The number of hydrogen-bond donors (Lipinski definition) is 0. The van der Waals surface area contributed by atoms with Gasteiger partial charge in [0.05, 0.1) is 0 Å². The lowest BCUT2D eigenvalue weighted by Gasteiger charge is -2.36. The van der Waals surface area contributed by atoms with E-state index in [-0.39, 0.29) is 5.91 Å². The molecule has 0 unspecified atom stereocenters. The smallest absolute Gasteiger partial charge is 0.253 e. The highest BCUT2D eigenvalue weighted by Gasteiger charge is 2.22. The summed E-state index contributed by atoms with van der Waals surface area (Å²) in [6.45, 7) is 8.91. The predicted octanol–water partition coefficient (Wildman–Crippen LogP) is 3.62. The Morgan fingerprint density at radius 3 is 2.14 bits per heavy atom. The maximum absolute atomic E-state index is 12.8. The number of aromatic nitrogens is 2. The number of aryl methyl sites for hydroxylation is 3. The van der Waals surface area contributed by atoms with Crippen molar-refractivity contribution in [1.82, 2.24) is 15.0 Å². The van der Waals surface area contributed by atoms with Crippen molar-refractivity contribution in [2.45, 2.75) is 20.8 Å². The maximum atomic E-state index is 12.8. The summed E-state index contributed by atoms with van der Waals surface area (Å²) in [6.07, 6.45) is 0. The van der Waals surface area contributed by atoms with E-state index in [9.17, 15) is 4.79 Å². The van der Waals surface area contributed by atoms with Crippen LogP contribution in [0, 0.1) is 20.8 Å². The van der Waals surface area contributed by atoms with Gasteiger partial charge in [0, 0.05) is 49.9 Å². The summed E-state index contributed by atoms with van der Waals surface area (Å²) in [7, 11) is 0. The molecule has 144 valence electrons. The lowest BCUT2D eigenvalue weighted by atomic mass is 10.1. The van der Waals surface area contributed by atoms with Gasteiger partial charge in [0.15, 0.2) is 0 Å². The monoisotopic (exact) mass is 376 g/mol. The van der Waals surface area contributed by atoms with Crippen LogP contribution in [-0.2, 0) is 0 Å².